The molecule has 1 fully saturated rings. The molecule has 0 spiro atoms. The van der Waals surface area contributed by atoms with Gasteiger partial charge in [-0.2, -0.15) is 0 Å². The number of benzene rings is 2. The van der Waals surface area contributed by atoms with E-state index in [1.165, 1.54) is 0 Å². The van der Waals surface area contributed by atoms with E-state index in [4.69, 9.17) is 4.42 Å². The molecule has 6 nitrogen and oxygen atoms in total. The fourth-order valence-corrected chi connectivity index (χ4v) is 2.67. The molecular weight excluding hydrogens is 306 g/mol. The number of amides is 1. The van der Waals surface area contributed by atoms with E-state index in [0.29, 0.717) is 17.1 Å². The molecule has 1 saturated carbocycles. The summed E-state index contributed by atoms with van der Waals surface area (Å²) in [4.78, 5) is 26.5. The minimum Gasteiger partial charge on any atom is -0.408 e. The maximum Gasteiger partial charge on any atom is 0.417 e. The Kier molecular flexibility index (Phi) is 3.57. The van der Waals surface area contributed by atoms with Crippen LogP contribution in [0, 0.1) is 0 Å². The molecular formula is C18H17N3O3. The van der Waals surface area contributed by atoms with E-state index in [1.807, 2.05) is 30.3 Å². The van der Waals surface area contributed by atoms with Crippen LogP contribution in [0.25, 0.3) is 11.1 Å². The molecule has 1 atom stereocenters. The lowest BCUT2D eigenvalue weighted by atomic mass is 10.1. The van der Waals surface area contributed by atoms with Crippen LogP contribution in [-0.2, 0) is 4.79 Å². The Morgan fingerprint density at radius 3 is 2.71 bits per heavy atom. The number of nitrogens with one attached hydrogen (secondary N) is 3. The van der Waals surface area contributed by atoms with Crippen LogP contribution < -0.4 is 16.4 Å². The highest BCUT2D eigenvalue weighted by Crippen LogP contribution is 2.25. The zero-order valence-electron chi connectivity index (χ0n) is 12.9. The highest BCUT2D eigenvalue weighted by molar-refractivity contribution is 5.87. The third-order valence-corrected chi connectivity index (χ3v) is 4.05. The molecule has 0 saturated heterocycles. The van der Waals surface area contributed by atoms with Crippen LogP contribution in [0.1, 0.15) is 24.4 Å². The second-order valence-electron chi connectivity index (χ2n) is 6.00. The number of fused-ring (bicyclic) bond motifs is 1. The first-order valence-corrected chi connectivity index (χ1v) is 7.94. The van der Waals surface area contributed by atoms with Gasteiger partial charge in [0.2, 0.25) is 5.91 Å². The predicted molar refractivity (Wildman–Crippen MR) is 90.8 cm³/mol. The zero-order valence-corrected chi connectivity index (χ0v) is 12.9. The van der Waals surface area contributed by atoms with Crippen molar-refractivity contribution in [1.82, 2.24) is 10.3 Å². The average Bonchev–Trinajstić information content (AvgIpc) is 3.31. The molecule has 1 heterocycles. The van der Waals surface area contributed by atoms with Crippen LogP contribution in [0.4, 0.5) is 5.69 Å². The Balaban J connectivity index is 1.64. The van der Waals surface area contributed by atoms with E-state index in [2.05, 4.69) is 15.6 Å². The van der Waals surface area contributed by atoms with Gasteiger partial charge in [0, 0.05) is 11.7 Å². The number of aromatic amines is 1. The summed E-state index contributed by atoms with van der Waals surface area (Å²) in [5.41, 5.74) is 2.71. The largest absolute Gasteiger partial charge is 0.417 e. The first-order valence-electron chi connectivity index (χ1n) is 7.94. The van der Waals surface area contributed by atoms with Crippen LogP contribution in [0.15, 0.2) is 57.7 Å². The van der Waals surface area contributed by atoms with Gasteiger partial charge in [-0.3, -0.25) is 9.78 Å². The van der Waals surface area contributed by atoms with Crippen molar-refractivity contribution >= 4 is 22.7 Å². The fourth-order valence-electron chi connectivity index (χ4n) is 2.67. The Morgan fingerprint density at radius 2 is 1.96 bits per heavy atom. The van der Waals surface area contributed by atoms with Crippen LogP contribution in [-0.4, -0.2) is 16.9 Å². The van der Waals surface area contributed by atoms with Gasteiger partial charge in [0.05, 0.1) is 5.52 Å². The number of hydrogen-bond acceptors (Lipinski definition) is 4. The van der Waals surface area contributed by atoms with Gasteiger partial charge in [0.25, 0.3) is 0 Å². The topological polar surface area (TPSA) is 87.1 Å². The highest BCUT2D eigenvalue weighted by Gasteiger charge is 2.28. The molecule has 4 rings (SSSR count). The van der Waals surface area contributed by atoms with Crippen molar-refractivity contribution in [2.24, 2.45) is 0 Å². The lowest BCUT2D eigenvalue weighted by Gasteiger charge is -2.20. The molecule has 3 N–H and O–H groups in total. The lowest BCUT2D eigenvalue weighted by molar-refractivity contribution is -0.122. The molecule has 1 aliphatic carbocycles. The summed E-state index contributed by atoms with van der Waals surface area (Å²) in [5.74, 6) is -0.544. The number of aromatic nitrogens is 1. The number of hydrogen-bond donors (Lipinski definition) is 3. The number of carbonyl (C=O) groups excluding carboxylic acids is 1. The molecule has 1 unspecified atom stereocenters. The Bertz CT molecular complexity index is 925. The maximum absolute atomic E-state index is 12.6. The third kappa shape index (κ3) is 3.03. The summed E-state index contributed by atoms with van der Waals surface area (Å²) in [5, 5.41) is 6.29. The molecule has 122 valence electrons. The average molecular weight is 323 g/mol. The van der Waals surface area contributed by atoms with Gasteiger partial charge >= 0.3 is 5.76 Å². The number of carbonyl (C=O) groups is 1. The van der Waals surface area contributed by atoms with Crippen molar-refractivity contribution in [3.63, 3.8) is 0 Å². The molecule has 0 aliphatic heterocycles. The summed E-state index contributed by atoms with van der Waals surface area (Å²) < 4.78 is 5.00. The van der Waals surface area contributed by atoms with Gasteiger partial charge in [-0.25, -0.2) is 4.79 Å². The van der Waals surface area contributed by atoms with E-state index in [-0.39, 0.29) is 5.91 Å². The molecule has 1 aromatic heterocycles. The fraction of sp³-hybridized carbons (Fsp3) is 0.222. The summed E-state index contributed by atoms with van der Waals surface area (Å²) >= 11 is 0. The third-order valence-electron chi connectivity index (χ3n) is 4.05. The number of H-pyrrole nitrogens is 1. The highest BCUT2D eigenvalue weighted by atomic mass is 16.4. The van der Waals surface area contributed by atoms with Crippen LogP contribution in [0.3, 0.4) is 0 Å². The minimum atomic E-state index is -0.497. The maximum atomic E-state index is 12.6. The smallest absolute Gasteiger partial charge is 0.408 e. The Morgan fingerprint density at radius 1 is 1.17 bits per heavy atom. The lowest BCUT2D eigenvalue weighted by Crippen LogP contribution is -2.34. The number of rotatable bonds is 5. The van der Waals surface area contributed by atoms with E-state index in [1.54, 1.807) is 18.2 Å². The first-order chi connectivity index (χ1) is 11.7. The van der Waals surface area contributed by atoms with Crippen molar-refractivity contribution in [2.45, 2.75) is 24.9 Å². The predicted octanol–water partition coefficient (Wildman–Crippen LogP) is 2.55. The second-order valence-corrected chi connectivity index (χ2v) is 6.00. The van der Waals surface area contributed by atoms with Gasteiger partial charge in [0.1, 0.15) is 6.04 Å². The summed E-state index contributed by atoms with van der Waals surface area (Å²) in [7, 11) is 0. The monoisotopic (exact) mass is 323 g/mol. The molecule has 2 aromatic carbocycles. The quantitative estimate of drug-likeness (QED) is 0.673. The molecule has 1 amide bonds. The Labute approximate surface area is 137 Å². The second kappa shape index (κ2) is 5.88. The van der Waals surface area contributed by atoms with Crippen molar-refractivity contribution in [1.29, 1.82) is 0 Å². The molecule has 0 bridgehead atoms. The molecule has 3 aromatic rings. The van der Waals surface area contributed by atoms with Crippen molar-refractivity contribution in [2.75, 3.05) is 5.32 Å². The van der Waals surface area contributed by atoms with Crippen molar-refractivity contribution < 1.29 is 9.21 Å². The van der Waals surface area contributed by atoms with Crippen molar-refractivity contribution in [3.8, 4) is 0 Å². The Hall–Kier alpha value is -3.02. The van der Waals surface area contributed by atoms with E-state index >= 15 is 0 Å². The summed E-state index contributed by atoms with van der Waals surface area (Å²) in [6.07, 6.45) is 2.07. The number of anilines is 1. The van der Waals surface area contributed by atoms with Gasteiger partial charge in [-0.1, -0.05) is 30.3 Å². The van der Waals surface area contributed by atoms with Crippen LogP contribution in [0.2, 0.25) is 0 Å². The molecule has 1 aliphatic rings. The van der Waals surface area contributed by atoms with Gasteiger partial charge < -0.3 is 15.1 Å². The SMILES string of the molecule is O=C(NC1CC1)C(Nc1ccc2oc(=O)[nH]c2c1)c1ccccc1. The zero-order chi connectivity index (χ0) is 16.5. The number of oxazole rings is 1. The molecule has 6 heteroatoms. The van der Waals surface area contributed by atoms with Gasteiger partial charge in [0.15, 0.2) is 5.58 Å². The molecule has 24 heavy (non-hydrogen) atoms. The van der Waals surface area contributed by atoms with Crippen LogP contribution >= 0.6 is 0 Å². The van der Waals surface area contributed by atoms with E-state index in [9.17, 15) is 9.59 Å². The standard InChI is InChI=1S/C18H17N3O3/c22-17(20-12-6-7-12)16(11-4-2-1-3-5-11)19-13-8-9-15-14(10-13)21-18(23)24-15/h1-5,8-10,12,16,19H,6-7H2,(H,20,22)(H,21,23). The van der Waals surface area contributed by atoms with E-state index < -0.39 is 11.8 Å². The van der Waals surface area contributed by atoms with Crippen molar-refractivity contribution in [3.05, 3.63) is 64.6 Å². The summed E-state index contributed by atoms with van der Waals surface area (Å²) in [6, 6.07) is 14.6. The van der Waals surface area contributed by atoms with E-state index in [0.717, 1.165) is 24.1 Å². The normalized spacial score (nSPS) is 15.2. The van der Waals surface area contributed by atoms with Crippen LogP contribution in [0.5, 0.6) is 0 Å². The van der Waals surface area contributed by atoms with Gasteiger partial charge in [-0.05, 0) is 36.6 Å². The minimum absolute atomic E-state index is 0.0514. The first kappa shape index (κ1) is 14.6. The summed E-state index contributed by atoms with van der Waals surface area (Å²) in [6.45, 7) is 0. The molecule has 0 radical (unpaired) electrons. The van der Waals surface area contributed by atoms with Gasteiger partial charge in [-0.15, -0.1) is 0 Å².